The summed E-state index contributed by atoms with van der Waals surface area (Å²) in [5.74, 6) is 4.38. The van der Waals surface area contributed by atoms with Crippen molar-refractivity contribution in [3.05, 3.63) is 45.6 Å². The highest BCUT2D eigenvalue weighted by Crippen LogP contribution is 2.55. The topological polar surface area (TPSA) is 109 Å². The van der Waals surface area contributed by atoms with Crippen molar-refractivity contribution >= 4 is 11.9 Å². The Balaban J connectivity index is 1.09. The molecule has 0 saturated heterocycles. The molecule has 0 spiro atoms. The molecule has 46 heavy (non-hydrogen) atoms. The summed E-state index contributed by atoms with van der Waals surface area (Å²) < 4.78 is 28.5. The Labute approximate surface area is 271 Å². The third-order valence-corrected chi connectivity index (χ3v) is 10.7. The highest BCUT2D eigenvalue weighted by atomic mass is 16.5. The van der Waals surface area contributed by atoms with Gasteiger partial charge in [0.15, 0.2) is 17.2 Å². The van der Waals surface area contributed by atoms with Crippen molar-refractivity contribution in [3.63, 3.8) is 0 Å². The third kappa shape index (κ3) is 6.42. The maximum Gasteiger partial charge on any atom is 0.306 e. The van der Waals surface area contributed by atoms with Gasteiger partial charge >= 0.3 is 5.97 Å². The Morgan fingerprint density at radius 2 is 1.46 bits per heavy atom. The summed E-state index contributed by atoms with van der Waals surface area (Å²) in [6.45, 7) is 0. The van der Waals surface area contributed by atoms with Gasteiger partial charge in [-0.3, -0.25) is 14.4 Å². The minimum absolute atomic E-state index is 0.0861. The minimum atomic E-state index is -0.405. The maximum atomic E-state index is 13.2. The quantitative estimate of drug-likeness (QED) is 0.218. The van der Waals surface area contributed by atoms with Gasteiger partial charge in [-0.05, 0) is 116 Å². The number of fused-ring (bicyclic) bond motifs is 3. The van der Waals surface area contributed by atoms with Gasteiger partial charge in [-0.25, -0.2) is 0 Å². The molecule has 1 N–H and O–H groups in total. The number of carbonyl (C=O) groups excluding carboxylic acids is 2. The number of amides is 1. The second kappa shape index (κ2) is 13.9. The summed E-state index contributed by atoms with van der Waals surface area (Å²) >= 11 is 0. The normalized spacial score (nSPS) is 25.5. The molecule has 4 fully saturated rings. The van der Waals surface area contributed by atoms with E-state index in [1.54, 1.807) is 33.5 Å². The lowest BCUT2D eigenvalue weighted by Crippen LogP contribution is -2.50. The van der Waals surface area contributed by atoms with Crippen LogP contribution in [0.25, 0.3) is 11.1 Å². The van der Waals surface area contributed by atoms with Crippen molar-refractivity contribution in [2.24, 2.45) is 23.7 Å². The number of carbonyl (C=O) groups is 2. The Kier molecular flexibility index (Phi) is 9.76. The smallest absolute Gasteiger partial charge is 0.306 e. The summed E-state index contributed by atoms with van der Waals surface area (Å²) in [5, 5.41) is 3.19. The standard InChI is InChI=1S/C37H47NO8/c1-42-30-13-11-26-27(20-29(30)39)28(12-10-23-19-31(43-2)36(44-3)37(45-4)34(23)26)38-32(40)8-6-5-7-9-33(41)46-35-24-15-21-14-22(17-24)18-25(35)16-21/h11,13,19-22,24-25,28,35H,5-10,12,14-18H2,1-4H3,(H,38,40)/t21?,22?,24?,25?,28-,35?/m0/s1. The van der Waals surface area contributed by atoms with Crippen LogP contribution in [0.5, 0.6) is 23.0 Å². The third-order valence-electron chi connectivity index (χ3n) is 10.7. The molecule has 7 rings (SSSR count). The van der Waals surface area contributed by atoms with Gasteiger partial charge in [0.2, 0.25) is 17.1 Å². The van der Waals surface area contributed by atoms with Crippen LogP contribution < -0.4 is 29.7 Å². The molecule has 9 heteroatoms. The van der Waals surface area contributed by atoms with Crippen molar-refractivity contribution in [2.75, 3.05) is 28.4 Å². The molecular formula is C37H47NO8. The van der Waals surface area contributed by atoms with E-state index < -0.39 is 6.04 Å². The summed E-state index contributed by atoms with van der Waals surface area (Å²) in [6.07, 6.45) is 10.5. The molecule has 2 aromatic carbocycles. The van der Waals surface area contributed by atoms with Gasteiger partial charge in [0.1, 0.15) is 6.10 Å². The van der Waals surface area contributed by atoms with Crippen LogP contribution in [0, 0.1) is 23.7 Å². The number of hydrogen-bond acceptors (Lipinski definition) is 8. The molecule has 248 valence electrons. The van der Waals surface area contributed by atoms with E-state index in [2.05, 4.69) is 5.32 Å². The molecule has 2 aromatic rings. The number of ether oxygens (including phenoxy) is 5. The number of aryl methyl sites for hydroxylation is 1. The van der Waals surface area contributed by atoms with Gasteiger partial charge in [0, 0.05) is 18.4 Å². The van der Waals surface area contributed by atoms with Crippen molar-refractivity contribution in [1.82, 2.24) is 5.32 Å². The van der Waals surface area contributed by atoms with Gasteiger partial charge in [0.25, 0.3) is 0 Å². The lowest BCUT2D eigenvalue weighted by molar-refractivity contribution is -0.170. The van der Waals surface area contributed by atoms with Crippen molar-refractivity contribution in [3.8, 4) is 34.1 Å². The average Bonchev–Trinajstić information content (AvgIpc) is 3.29. The van der Waals surface area contributed by atoms with Crippen LogP contribution in [0.1, 0.15) is 87.8 Å². The number of unbranched alkanes of at least 4 members (excludes halogenated alkanes) is 2. The first-order valence-electron chi connectivity index (χ1n) is 16.9. The number of esters is 1. The summed E-state index contributed by atoms with van der Waals surface area (Å²) in [4.78, 5) is 39.1. The number of nitrogens with one attached hydrogen (secondary N) is 1. The molecule has 0 aliphatic heterocycles. The second-order valence-corrected chi connectivity index (χ2v) is 13.6. The van der Waals surface area contributed by atoms with Crippen LogP contribution in [0.2, 0.25) is 0 Å². The average molecular weight is 634 g/mol. The van der Waals surface area contributed by atoms with E-state index in [-0.39, 0.29) is 29.2 Å². The second-order valence-electron chi connectivity index (χ2n) is 13.6. The SMILES string of the molecule is COc1cc2c(c(OC)c1OC)-c1ccc(OC)c(=O)cc1[C@@H](NC(=O)CCCCCC(=O)OC1C3CC4CC(C3)CC1C4)CC2. The molecule has 1 atom stereocenters. The van der Waals surface area contributed by atoms with Crippen LogP contribution in [0.15, 0.2) is 29.1 Å². The zero-order valence-electron chi connectivity index (χ0n) is 27.5. The predicted molar refractivity (Wildman–Crippen MR) is 174 cm³/mol. The monoisotopic (exact) mass is 633 g/mol. The van der Waals surface area contributed by atoms with Gasteiger partial charge in [0.05, 0.1) is 34.5 Å². The van der Waals surface area contributed by atoms with Crippen molar-refractivity contribution in [1.29, 1.82) is 0 Å². The zero-order valence-corrected chi connectivity index (χ0v) is 27.5. The molecule has 4 bridgehead atoms. The van der Waals surface area contributed by atoms with Crippen molar-refractivity contribution < 1.29 is 33.3 Å². The Morgan fingerprint density at radius 1 is 0.783 bits per heavy atom. The van der Waals surface area contributed by atoms with Gasteiger partial charge < -0.3 is 29.0 Å². The molecule has 0 heterocycles. The van der Waals surface area contributed by atoms with E-state index in [9.17, 15) is 14.4 Å². The lowest BCUT2D eigenvalue weighted by Gasteiger charge is -2.53. The molecule has 4 saturated carbocycles. The Hall–Kier alpha value is -3.75. The number of hydrogen-bond donors (Lipinski definition) is 1. The molecule has 1 amide bonds. The molecular weight excluding hydrogens is 586 g/mol. The van der Waals surface area contributed by atoms with Crippen LogP contribution in [-0.4, -0.2) is 46.4 Å². The fourth-order valence-corrected chi connectivity index (χ4v) is 8.89. The molecule has 5 aliphatic rings. The van der Waals surface area contributed by atoms with Crippen molar-refractivity contribution in [2.45, 2.75) is 89.2 Å². The summed E-state index contributed by atoms with van der Waals surface area (Å²) in [6, 6.07) is 6.58. The zero-order chi connectivity index (χ0) is 32.4. The van der Waals surface area contributed by atoms with Gasteiger partial charge in [-0.15, -0.1) is 0 Å². The van der Waals surface area contributed by atoms with E-state index >= 15 is 0 Å². The molecule has 0 aromatic heterocycles. The van der Waals surface area contributed by atoms with E-state index in [4.69, 9.17) is 23.7 Å². The summed E-state index contributed by atoms with van der Waals surface area (Å²) in [5.41, 5.74) is 2.94. The number of rotatable bonds is 12. The lowest BCUT2D eigenvalue weighted by atomic mass is 9.55. The highest BCUT2D eigenvalue weighted by molar-refractivity contribution is 5.83. The van der Waals surface area contributed by atoms with E-state index in [1.165, 1.54) is 39.2 Å². The molecule has 0 radical (unpaired) electrons. The first-order chi connectivity index (χ1) is 22.3. The fraction of sp³-hybridized carbons (Fsp3) is 0.595. The largest absolute Gasteiger partial charge is 0.493 e. The van der Waals surface area contributed by atoms with E-state index in [0.717, 1.165) is 34.9 Å². The van der Waals surface area contributed by atoms with Crippen LogP contribution >= 0.6 is 0 Å². The summed E-state index contributed by atoms with van der Waals surface area (Å²) in [7, 11) is 6.18. The fourth-order valence-electron chi connectivity index (χ4n) is 8.89. The highest BCUT2D eigenvalue weighted by Gasteiger charge is 2.49. The predicted octanol–water partition coefficient (Wildman–Crippen LogP) is 6.17. The Bertz CT molecular complexity index is 1490. The first-order valence-corrected chi connectivity index (χ1v) is 16.9. The van der Waals surface area contributed by atoms with Crippen LogP contribution in [-0.2, 0) is 20.7 Å². The van der Waals surface area contributed by atoms with E-state index in [1.807, 2.05) is 12.1 Å². The molecule has 0 unspecified atom stereocenters. The maximum absolute atomic E-state index is 13.2. The van der Waals surface area contributed by atoms with Crippen LogP contribution in [0.3, 0.4) is 0 Å². The number of benzene rings is 1. The Morgan fingerprint density at radius 3 is 2.11 bits per heavy atom. The minimum Gasteiger partial charge on any atom is -0.493 e. The van der Waals surface area contributed by atoms with Gasteiger partial charge in [-0.2, -0.15) is 0 Å². The molecule has 9 nitrogen and oxygen atoms in total. The number of methoxy groups -OCH3 is 4. The van der Waals surface area contributed by atoms with Crippen LogP contribution in [0.4, 0.5) is 0 Å². The molecule has 5 aliphatic carbocycles. The van der Waals surface area contributed by atoms with E-state index in [0.29, 0.717) is 73.2 Å². The van der Waals surface area contributed by atoms with Gasteiger partial charge in [-0.1, -0.05) is 12.5 Å². The first kappa shape index (κ1) is 32.2.